The molecule has 0 aromatic rings. The summed E-state index contributed by atoms with van der Waals surface area (Å²) in [5.74, 6) is 1.02. The fourth-order valence-electron chi connectivity index (χ4n) is 3.05. The third-order valence-electron chi connectivity index (χ3n) is 4.27. The Balaban J connectivity index is 2.71. The number of Topliss-reactive ketones (excluding diaryl/α,β-unsaturated/α-hetero) is 1. The molecule has 0 heterocycles. The Morgan fingerprint density at radius 1 is 1.24 bits per heavy atom. The molecule has 1 saturated carbocycles. The van der Waals surface area contributed by atoms with Crippen molar-refractivity contribution in [2.45, 2.75) is 72.3 Å². The summed E-state index contributed by atoms with van der Waals surface area (Å²) in [6.45, 7) is 11.5. The van der Waals surface area contributed by atoms with Crippen LogP contribution in [0.25, 0.3) is 0 Å². The highest BCUT2D eigenvalue weighted by Gasteiger charge is 2.43. The minimum Gasteiger partial charge on any atom is -0.368 e. The van der Waals surface area contributed by atoms with Gasteiger partial charge in [0.2, 0.25) is 0 Å². The maximum atomic E-state index is 12.1. The summed E-state index contributed by atoms with van der Waals surface area (Å²) < 4.78 is 5.83. The number of rotatable bonds is 4. The van der Waals surface area contributed by atoms with Crippen molar-refractivity contribution in [3.8, 4) is 0 Å². The number of hydrogen-bond acceptors (Lipinski definition) is 2. The van der Waals surface area contributed by atoms with Crippen molar-refractivity contribution in [3.63, 3.8) is 0 Å². The van der Waals surface area contributed by atoms with Crippen LogP contribution in [0.3, 0.4) is 0 Å². The van der Waals surface area contributed by atoms with E-state index in [1.807, 2.05) is 13.8 Å². The van der Waals surface area contributed by atoms with Gasteiger partial charge < -0.3 is 4.74 Å². The topological polar surface area (TPSA) is 26.3 Å². The Kier molecular flexibility index (Phi) is 4.77. The first-order valence-corrected chi connectivity index (χ1v) is 7.03. The van der Waals surface area contributed by atoms with Gasteiger partial charge in [-0.1, -0.05) is 27.7 Å². The van der Waals surface area contributed by atoms with Crippen LogP contribution in [0.4, 0.5) is 0 Å². The van der Waals surface area contributed by atoms with Gasteiger partial charge in [-0.25, -0.2) is 0 Å². The highest BCUT2D eigenvalue weighted by atomic mass is 16.5. The largest absolute Gasteiger partial charge is 0.368 e. The van der Waals surface area contributed by atoms with E-state index < -0.39 is 5.60 Å². The first-order chi connectivity index (χ1) is 7.85. The van der Waals surface area contributed by atoms with Crippen LogP contribution >= 0.6 is 0 Å². The van der Waals surface area contributed by atoms with Gasteiger partial charge >= 0.3 is 0 Å². The average Bonchev–Trinajstić information content (AvgIpc) is 2.27. The van der Waals surface area contributed by atoms with Crippen LogP contribution in [0.2, 0.25) is 0 Å². The van der Waals surface area contributed by atoms with Gasteiger partial charge in [0.1, 0.15) is 5.60 Å². The predicted molar refractivity (Wildman–Crippen MR) is 71.1 cm³/mol. The second-order valence-electron chi connectivity index (χ2n) is 6.34. The zero-order valence-electron chi connectivity index (χ0n) is 12.1. The molecule has 100 valence electrons. The van der Waals surface area contributed by atoms with Crippen molar-refractivity contribution < 1.29 is 9.53 Å². The maximum absolute atomic E-state index is 12.1. The summed E-state index contributed by atoms with van der Waals surface area (Å²) in [5, 5.41) is 0. The van der Waals surface area contributed by atoms with Crippen molar-refractivity contribution in [1.29, 1.82) is 0 Å². The van der Waals surface area contributed by atoms with Gasteiger partial charge in [-0.15, -0.1) is 0 Å². The molecular weight excluding hydrogens is 212 g/mol. The fraction of sp³-hybridized carbons (Fsp3) is 0.933. The van der Waals surface area contributed by atoms with Gasteiger partial charge in [0, 0.05) is 13.0 Å². The summed E-state index contributed by atoms with van der Waals surface area (Å²) in [7, 11) is 0. The van der Waals surface area contributed by atoms with E-state index in [4.69, 9.17) is 4.74 Å². The van der Waals surface area contributed by atoms with E-state index in [-0.39, 0.29) is 0 Å². The van der Waals surface area contributed by atoms with Crippen LogP contribution in [0, 0.1) is 11.3 Å². The van der Waals surface area contributed by atoms with Crippen LogP contribution in [0.1, 0.15) is 66.7 Å². The molecule has 17 heavy (non-hydrogen) atoms. The van der Waals surface area contributed by atoms with Crippen molar-refractivity contribution >= 4 is 5.78 Å². The normalized spacial score (nSPS) is 30.3. The van der Waals surface area contributed by atoms with E-state index in [1.54, 1.807) is 0 Å². The summed E-state index contributed by atoms with van der Waals surface area (Å²) in [6.07, 6.45) is 4.66. The Morgan fingerprint density at radius 3 is 2.12 bits per heavy atom. The second kappa shape index (κ2) is 5.51. The third-order valence-corrected chi connectivity index (χ3v) is 4.27. The summed E-state index contributed by atoms with van der Waals surface area (Å²) in [5.41, 5.74) is -0.0983. The Hall–Kier alpha value is -0.370. The molecule has 0 N–H and O–H groups in total. The SMILES string of the molecule is CCOC1(C(=O)CC)CCC(C(C)(C)C)CC1. The van der Waals surface area contributed by atoms with Gasteiger partial charge in [0.25, 0.3) is 0 Å². The van der Waals surface area contributed by atoms with Crippen molar-refractivity contribution in [2.24, 2.45) is 11.3 Å². The van der Waals surface area contributed by atoms with Gasteiger partial charge in [0.15, 0.2) is 5.78 Å². The Morgan fingerprint density at radius 2 is 1.76 bits per heavy atom. The first kappa shape index (κ1) is 14.7. The molecular formula is C15H28O2. The molecule has 1 aliphatic carbocycles. The van der Waals surface area contributed by atoms with Crippen molar-refractivity contribution in [3.05, 3.63) is 0 Å². The summed E-state index contributed by atoms with van der Waals surface area (Å²) in [4.78, 5) is 12.1. The van der Waals surface area contributed by atoms with E-state index in [0.717, 1.165) is 31.6 Å². The zero-order valence-corrected chi connectivity index (χ0v) is 12.1. The van der Waals surface area contributed by atoms with Crippen LogP contribution in [-0.4, -0.2) is 18.0 Å². The molecule has 1 fully saturated rings. The quantitative estimate of drug-likeness (QED) is 0.743. The number of carbonyl (C=O) groups excluding carboxylic acids is 1. The molecule has 2 heteroatoms. The molecule has 0 unspecified atom stereocenters. The minimum absolute atomic E-state index is 0.298. The van der Waals surface area contributed by atoms with E-state index in [0.29, 0.717) is 24.2 Å². The van der Waals surface area contributed by atoms with Gasteiger partial charge in [-0.2, -0.15) is 0 Å². The zero-order chi connectivity index (χ0) is 13.1. The standard InChI is InChI=1S/C15H28O2/c1-6-13(16)15(17-7-2)10-8-12(9-11-15)14(3,4)5/h12H,6-11H2,1-5H3. The lowest BCUT2D eigenvalue weighted by atomic mass is 9.67. The number of ether oxygens (including phenoxy) is 1. The van der Waals surface area contributed by atoms with Crippen LogP contribution in [-0.2, 0) is 9.53 Å². The van der Waals surface area contributed by atoms with Crippen molar-refractivity contribution in [2.75, 3.05) is 6.61 Å². The number of hydrogen-bond donors (Lipinski definition) is 0. The highest BCUT2D eigenvalue weighted by Crippen LogP contribution is 2.43. The molecule has 2 nitrogen and oxygen atoms in total. The van der Waals surface area contributed by atoms with E-state index in [1.165, 1.54) is 0 Å². The van der Waals surface area contributed by atoms with Crippen LogP contribution < -0.4 is 0 Å². The van der Waals surface area contributed by atoms with E-state index in [2.05, 4.69) is 20.8 Å². The summed E-state index contributed by atoms with van der Waals surface area (Å²) in [6, 6.07) is 0. The lowest BCUT2D eigenvalue weighted by Crippen LogP contribution is -2.46. The molecule has 0 amide bonds. The molecule has 0 spiro atoms. The molecule has 0 aromatic heterocycles. The highest BCUT2D eigenvalue weighted by molar-refractivity contribution is 5.87. The van der Waals surface area contributed by atoms with Crippen molar-refractivity contribution in [1.82, 2.24) is 0 Å². The van der Waals surface area contributed by atoms with Crippen LogP contribution in [0.5, 0.6) is 0 Å². The molecule has 0 aliphatic heterocycles. The Bertz CT molecular complexity index is 255. The molecule has 0 saturated heterocycles. The summed E-state index contributed by atoms with van der Waals surface area (Å²) >= 11 is 0. The lowest BCUT2D eigenvalue weighted by Gasteiger charge is -2.42. The molecule has 0 radical (unpaired) electrons. The van der Waals surface area contributed by atoms with E-state index >= 15 is 0 Å². The second-order valence-corrected chi connectivity index (χ2v) is 6.34. The molecule has 1 rings (SSSR count). The van der Waals surface area contributed by atoms with Crippen LogP contribution in [0.15, 0.2) is 0 Å². The molecule has 0 aromatic carbocycles. The maximum Gasteiger partial charge on any atom is 0.164 e. The lowest BCUT2D eigenvalue weighted by molar-refractivity contribution is -0.151. The monoisotopic (exact) mass is 240 g/mol. The number of ketones is 1. The molecule has 1 aliphatic rings. The third kappa shape index (κ3) is 3.31. The Labute approximate surface area is 106 Å². The smallest absolute Gasteiger partial charge is 0.164 e. The fourth-order valence-corrected chi connectivity index (χ4v) is 3.05. The molecule has 0 atom stereocenters. The van der Waals surface area contributed by atoms with E-state index in [9.17, 15) is 4.79 Å². The van der Waals surface area contributed by atoms with Gasteiger partial charge in [0.05, 0.1) is 0 Å². The predicted octanol–water partition coefficient (Wildman–Crippen LogP) is 3.98. The number of carbonyl (C=O) groups is 1. The van der Waals surface area contributed by atoms with Gasteiger partial charge in [-0.05, 0) is 43.9 Å². The first-order valence-electron chi connectivity index (χ1n) is 7.03. The van der Waals surface area contributed by atoms with Gasteiger partial charge in [-0.3, -0.25) is 4.79 Å². The minimum atomic E-state index is -0.453. The average molecular weight is 240 g/mol. The molecule has 0 bridgehead atoms.